The van der Waals surface area contributed by atoms with E-state index in [0.717, 1.165) is 6.07 Å². The molecule has 0 saturated heterocycles. The van der Waals surface area contributed by atoms with Gasteiger partial charge in [-0.05, 0) is 30.3 Å². The number of carbonyl (C=O) groups excluding carboxylic acids is 1. The van der Waals surface area contributed by atoms with E-state index in [2.05, 4.69) is 14.9 Å². The number of halogens is 1. The molecule has 0 unspecified atom stereocenters. The number of hydrogen-bond donors (Lipinski definition) is 1. The Morgan fingerprint density at radius 3 is 2.50 bits per heavy atom. The van der Waals surface area contributed by atoms with Gasteiger partial charge in [-0.1, -0.05) is 5.16 Å². The average molecular weight is 274 g/mol. The summed E-state index contributed by atoms with van der Waals surface area (Å²) < 4.78 is 18.6. The first-order valence-corrected chi connectivity index (χ1v) is 5.68. The molecule has 5 nitrogen and oxygen atoms in total. The number of nitrogens with zero attached hydrogens (tertiary/aromatic N) is 2. The molecule has 0 amide bonds. The third kappa shape index (κ3) is 2.64. The Morgan fingerprint density at radius 1 is 1.25 bits per heavy atom. The van der Waals surface area contributed by atoms with Gasteiger partial charge in [-0.3, -0.25) is 4.98 Å². The second-order valence-corrected chi connectivity index (χ2v) is 3.87. The minimum absolute atomic E-state index is 0.0568. The fourth-order valence-corrected chi connectivity index (χ4v) is 1.73. The van der Waals surface area contributed by atoms with Crippen molar-refractivity contribution in [2.45, 2.75) is 0 Å². The molecule has 0 radical (unpaired) electrons. The minimum Gasteiger partial charge on any atom is -0.465 e. The summed E-state index contributed by atoms with van der Waals surface area (Å²) in [5.41, 5.74) is 0.723. The van der Waals surface area contributed by atoms with Crippen molar-refractivity contribution in [3.05, 3.63) is 65.2 Å². The number of benzene rings is 1. The highest BCUT2D eigenvalue weighted by Gasteiger charge is 2.15. The van der Waals surface area contributed by atoms with E-state index in [9.17, 15) is 9.18 Å². The molecular weight excluding hydrogens is 263 g/mol. The highest BCUT2D eigenvalue weighted by molar-refractivity contribution is 6.12. The van der Waals surface area contributed by atoms with Gasteiger partial charge in [0, 0.05) is 23.5 Å². The van der Waals surface area contributed by atoms with E-state index >= 15 is 0 Å². The lowest BCUT2D eigenvalue weighted by Gasteiger charge is -2.07. The first kappa shape index (κ1) is 13.7. The van der Waals surface area contributed by atoms with Crippen LogP contribution in [0.1, 0.15) is 21.5 Å². The molecule has 6 heteroatoms. The first-order valence-electron chi connectivity index (χ1n) is 5.68. The number of aromatic nitrogens is 1. The molecule has 0 aliphatic carbocycles. The van der Waals surface area contributed by atoms with Crippen LogP contribution in [0.2, 0.25) is 0 Å². The molecule has 1 aromatic carbocycles. The summed E-state index contributed by atoms with van der Waals surface area (Å²) in [4.78, 5) is 15.1. The number of ether oxygens (including phenoxy) is 1. The van der Waals surface area contributed by atoms with Crippen molar-refractivity contribution in [3.8, 4) is 0 Å². The van der Waals surface area contributed by atoms with E-state index in [1.54, 1.807) is 12.1 Å². The van der Waals surface area contributed by atoms with Gasteiger partial charge in [0.25, 0.3) is 0 Å². The molecule has 20 heavy (non-hydrogen) atoms. The second kappa shape index (κ2) is 5.92. The summed E-state index contributed by atoms with van der Waals surface area (Å²) in [6.45, 7) is 0. The van der Waals surface area contributed by atoms with E-state index in [-0.39, 0.29) is 16.8 Å². The molecule has 1 aromatic heterocycles. The molecule has 0 atom stereocenters. The number of oxime groups is 1. The van der Waals surface area contributed by atoms with Gasteiger partial charge in [0.05, 0.1) is 12.7 Å². The molecule has 0 aliphatic rings. The van der Waals surface area contributed by atoms with Crippen molar-refractivity contribution in [1.29, 1.82) is 0 Å². The highest BCUT2D eigenvalue weighted by atomic mass is 19.1. The number of hydrogen-bond acceptors (Lipinski definition) is 5. The van der Waals surface area contributed by atoms with Crippen LogP contribution in [0, 0.1) is 5.82 Å². The Bertz CT molecular complexity index is 657. The predicted octanol–water partition coefficient (Wildman–Crippen LogP) is 2.23. The van der Waals surface area contributed by atoms with Crippen molar-refractivity contribution >= 4 is 11.7 Å². The number of pyridine rings is 1. The second-order valence-electron chi connectivity index (χ2n) is 3.87. The lowest BCUT2D eigenvalue weighted by atomic mass is 10.0. The van der Waals surface area contributed by atoms with Gasteiger partial charge >= 0.3 is 5.97 Å². The molecule has 2 aromatic rings. The topological polar surface area (TPSA) is 71.8 Å². The zero-order valence-electron chi connectivity index (χ0n) is 10.6. The molecule has 0 bridgehead atoms. The lowest BCUT2D eigenvalue weighted by molar-refractivity contribution is 0.0600. The molecule has 2 rings (SSSR count). The van der Waals surface area contributed by atoms with Crippen molar-refractivity contribution in [3.63, 3.8) is 0 Å². The van der Waals surface area contributed by atoms with Crippen LogP contribution < -0.4 is 0 Å². The van der Waals surface area contributed by atoms with Gasteiger partial charge in [-0.25, -0.2) is 9.18 Å². The fourth-order valence-electron chi connectivity index (χ4n) is 1.73. The molecule has 1 N–H and O–H groups in total. The number of carbonyl (C=O) groups is 1. The maximum atomic E-state index is 14.1. The van der Waals surface area contributed by atoms with E-state index in [1.165, 1.54) is 31.6 Å². The maximum absolute atomic E-state index is 14.1. The number of methoxy groups -OCH3 is 1. The van der Waals surface area contributed by atoms with Crippen molar-refractivity contribution in [2.24, 2.45) is 5.16 Å². The van der Waals surface area contributed by atoms with Crippen LogP contribution in [0.15, 0.2) is 47.9 Å². The average Bonchev–Trinajstić information content (AvgIpc) is 2.49. The zero-order valence-corrected chi connectivity index (χ0v) is 10.6. The molecule has 0 fully saturated rings. The van der Waals surface area contributed by atoms with Crippen molar-refractivity contribution in [2.75, 3.05) is 7.11 Å². The quantitative estimate of drug-likeness (QED) is 0.403. The van der Waals surface area contributed by atoms with E-state index in [0.29, 0.717) is 5.56 Å². The largest absolute Gasteiger partial charge is 0.465 e. The predicted molar refractivity (Wildman–Crippen MR) is 69.4 cm³/mol. The summed E-state index contributed by atoms with van der Waals surface area (Å²) in [5.74, 6) is -1.32. The summed E-state index contributed by atoms with van der Waals surface area (Å²) in [5, 5.41) is 12.2. The summed E-state index contributed by atoms with van der Waals surface area (Å²) >= 11 is 0. The van der Waals surface area contributed by atoms with E-state index in [4.69, 9.17) is 5.21 Å². The Hall–Kier alpha value is -2.76. The van der Waals surface area contributed by atoms with Gasteiger partial charge in [0.1, 0.15) is 11.5 Å². The van der Waals surface area contributed by atoms with Crippen LogP contribution in [0.4, 0.5) is 4.39 Å². The van der Waals surface area contributed by atoms with E-state index in [1.807, 2.05) is 0 Å². The van der Waals surface area contributed by atoms with Gasteiger partial charge < -0.3 is 9.94 Å². The Balaban J connectivity index is 2.45. The van der Waals surface area contributed by atoms with Crippen LogP contribution in [-0.2, 0) is 4.74 Å². The molecule has 102 valence electrons. The van der Waals surface area contributed by atoms with Crippen molar-refractivity contribution in [1.82, 2.24) is 4.98 Å². The highest BCUT2D eigenvalue weighted by Crippen LogP contribution is 2.16. The first-order chi connectivity index (χ1) is 9.67. The number of esters is 1. The smallest absolute Gasteiger partial charge is 0.337 e. The third-order valence-electron chi connectivity index (χ3n) is 2.70. The van der Waals surface area contributed by atoms with Crippen molar-refractivity contribution < 1.29 is 19.1 Å². The standard InChI is InChI=1S/C14H11FN2O3/c1-20-14(18)10-2-3-11(12(15)8-10)13(17-19)9-4-6-16-7-5-9/h2-8,19H,1H3/b17-13-. The van der Waals surface area contributed by atoms with Crippen LogP contribution in [0.3, 0.4) is 0 Å². The van der Waals surface area contributed by atoms with Gasteiger partial charge in [0.2, 0.25) is 0 Å². The van der Waals surface area contributed by atoms with Gasteiger partial charge in [0.15, 0.2) is 0 Å². The normalized spacial score (nSPS) is 11.2. The molecule has 1 heterocycles. The summed E-state index contributed by atoms with van der Waals surface area (Å²) in [6, 6.07) is 6.96. The summed E-state index contributed by atoms with van der Waals surface area (Å²) in [6.07, 6.45) is 3.00. The molecular formula is C14H11FN2O3. The maximum Gasteiger partial charge on any atom is 0.337 e. The fraction of sp³-hybridized carbons (Fsp3) is 0.0714. The van der Waals surface area contributed by atoms with Gasteiger partial charge in [-0.2, -0.15) is 0 Å². The summed E-state index contributed by atoms with van der Waals surface area (Å²) in [7, 11) is 1.21. The van der Waals surface area contributed by atoms with Crippen LogP contribution in [0.5, 0.6) is 0 Å². The Labute approximate surface area is 114 Å². The molecule has 0 aliphatic heterocycles. The van der Waals surface area contributed by atoms with Gasteiger partial charge in [-0.15, -0.1) is 0 Å². The zero-order chi connectivity index (χ0) is 14.5. The molecule has 0 saturated carbocycles. The Morgan fingerprint density at radius 2 is 1.95 bits per heavy atom. The van der Waals surface area contributed by atoms with Crippen LogP contribution in [0.25, 0.3) is 0 Å². The van der Waals surface area contributed by atoms with Crippen LogP contribution >= 0.6 is 0 Å². The lowest BCUT2D eigenvalue weighted by Crippen LogP contribution is -2.09. The minimum atomic E-state index is -0.683. The Kier molecular flexibility index (Phi) is 4.05. The number of rotatable bonds is 3. The van der Waals surface area contributed by atoms with E-state index < -0.39 is 11.8 Å². The monoisotopic (exact) mass is 274 g/mol. The SMILES string of the molecule is COC(=O)c1ccc(/C(=N\O)c2ccncc2)c(F)c1. The molecule has 0 spiro atoms. The third-order valence-corrected chi connectivity index (χ3v) is 2.70. The van der Waals surface area contributed by atoms with Crippen LogP contribution in [-0.4, -0.2) is 29.0 Å².